The predicted molar refractivity (Wildman–Crippen MR) is 151 cm³/mol. The van der Waals surface area contributed by atoms with Crippen molar-refractivity contribution in [2.24, 2.45) is 0 Å². The van der Waals surface area contributed by atoms with E-state index < -0.39 is 36.2 Å². The molecule has 0 aliphatic carbocycles. The monoisotopic (exact) mass is 606 g/mol. The Balaban J connectivity index is 1.37. The number of hydrogen-bond acceptors (Lipinski definition) is 7. The molecule has 0 saturated carbocycles. The summed E-state index contributed by atoms with van der Waals surface area (Å²) in [5, 5.41) is 0. The average molecular weight is 607 g/mol. The molecule has 4 N–H and O–H groups in total. The summed E-state index contributed by atoms with van der Waals surface area (Å²) in [7, 11) is 0. The highest BCUT2D eigenvalue weighted by Gasteiger charge is 2.34. The molecule has 0 bridgehead atoms. The molecule has 0 amide bonds. The van der Waals surface area contributed by atoms with E-state index in [9.17, 15) is 31.5 Å². The van der Waals surface area contributed by atoms with Crippen LogP contribution in [-0.4, -0.2) is 31.3 Å². The molecule has 43 heavy (non-hydrogen) atoms. The molecule has 0 fully saturated rings. The van der Waals surface area contributed by atoms with Gasteiger partial charge in [0.2, 0.25) is 0 Å². The Bertz CT molecular complexity index is 1370. The van der Waals surface area contributed by atoms with Gasteiger partial charge in [-0.3, -0.25) is 0 Å². The Morgan fingerprint density at radius 2 is 1.37 bits per heavy atom. The van der Waals surface area contributed by atoms with E-state index in [1.807, 2.05) is 0 Å². The molecule has 7 nitrogen and oxygen atoms in total. The lowest BCUT2D eigenvalue weighted by Gasteiger charge is -2.18. The lowest BCUT2D eigenvalue weighted by Crippen LogP contribution is -2.21. The number of unbranched alkanes of at least 4 members (excludes halogenated alkanes) is 1. The van der Waals surface area contributed by atoms with Crippen LogP contribution in [0.2, 0.25) is 0 Å². The molecule has 3 rings (SSSR count). The molecule has 230 valence electrons. The number of nitrogen functional groups attached to an aromatic ring is 2. The van der Waals surface area contributed by atoms with Crippen molar-refractivity contribution < 1.29 is 45.8 Å². The van der Waals surface area contributed by atoms with Crippen molar-refractivity contribution in [3.05, 3.63) is 95.1 Å². The zero-order chi connectivity index (χ0) is 31.5. The summed E-state index contributed by atoms with van der Waals surface area (Å²) in [6.07, 6.45) is -5.34. The lowest BCUT2D eigenvalue weighted by molar-refractivity contribution is -0.185. The van der Waals surface area contributed by atoms with Crippen LogP contribution in [0.25, 0.3) is 6.08 Å². The number of alkyl halides is 5. The first kappa shape index (κ1) is 32.9. The van der Waals surface area contributed by atoms with E-state index in [1.54, 1.807) is 0 Å². The van der Waals surface area contributed by atoms with Gasteiger partial charge in [-0.15, -0.1) is 0 Å². The van der Waals surface area contributed by atoms with Gasteiger partial charge in [-0.2, -0.15) is 22.0 Å². The van der Waals surface area contributed by atoms with Gasteiger partial charge in [-0.1, -0.05) is 24.3 Å². The van der Waals surface area contributed by atoms with E-state index in [0.29, 0.717) is 35.3 Å². The molecular weight excluding hydrogens is 575 g/mol. The maximum Gasteiger partial charge on any atom is 0.426 e. The summed E-state index contributed by atoms with van der Waals surface area (Å²) in [5.41, 5.74) is 12.9. The second-order valence-corrected chi connectivity index (χ2v) is 9.59. The first-order valence-corrected chi connectivity index (χ1v) is 13.3. The minimum absolute atomic E-state index is 0.0996. The van der Waals surface area contributed by atoms with Crippen molar-refractivity contribution in [1.82, 2.24) is 0 Å². The number of anilines is 2. The summed E-state index contributed by atoms with van der Waals surface area (Å²) in [6, 6.07) is 15.0. The van der Waals surface area contributed by atoms with Crippen molar-refractivity contribution in [1.29, 1.82) is 0 Å². The highest BCUT2D eigenvalue weighted by Crippen LogP contribution is 2.32. The molecule has 3 aromatic carbocycles. The third-order valence-electron chi connectivity index (χ3n) is 5.98. The van der Waals surface area contributed by atoms with Gasteiger partial charge in [-0.05, 0) is 85.4 Å². The smallest absolute Gasteiger partial charge is 0.426 e. The number of halogens is 5. The van der Waals surface area contributed by atoms with E-state index in [-0.39, 0.29) is 37.4 Å². The zero-order valence-electron chi connectivity index (χ0n) is 23.0. The topological polar surface area (TPSA) is 114 Å². The average Bonchev–Trinajstić information content (AvgIpc) is 2.93. The normalized spacial score (nSPS) is 11.8. The Morgan fingerprint density at radius 3 is 1.98 bits per heavy atom. The van der Waals surface area contributed by atoms with Crippen molar-refractivity contribution in [3.63, 3.8) is 0 Å². The fourth-order valence-electron chi connectivity index (χ4n) is 3.84. The summed E-state index contributed by atoms with van der Waals surface area (Å²) >= 11 is 0. The van der Waals surface area contributed by atoms with Crippen molar-refractivity contribution >= 4 is 29.4 Å². The van der Waals surface area contributed by atoms with Crippen LogP contribution < -0.4 is 16.2 Å². The van der Waals surface area contributed by atoms with E-state index in [1.165, 1.54) is 66.7 Å². The standard InChI is InChI=1S/C31H31F5N2O5/c32-30(33,34)15-3-4-21-5-10-24(11-6-21)31(35,36)43-27-12-7-22(8-13-27)9-14-28(39)41-16-1-2-17-42-29(40)23-18-25(37)20-26(38)19-23/h5-14,18-20H,1-4,15-17,37-38H2/b14-9+. The number of carbonyl (C=O) groups is 2. The van der Waals surface area contributed by atoms with E-state index in [2.05, 4.69) is 0 Å². The minimum atomic E-state index is -4.26. The summed E-state index contributed by atoms with van der Waals surface area (Å²) in [5.74, 6) is -1.30. The minimum Gasteiger partial charge on any atom is -0.463 e. The van der Waals surface area contributed by atoms with Gasteiger partial charge in [0.05, 0.1) is 24.3 Å². The van der Waals surface area contributed by atoms with Crippen LogP contribution in [-0.2, 0) is 26.8 Å². The van der Waals surface area contributed by atoms with E-state index >= 15 is 0 Å². The molecular formula is C31H31F5N2O5. The number of nitrogens with two attached hydrogens (primary N) is 2. The van der Waals surface area contributed by atoms with Crippen LogP contribution in [0.4, 0.5) is 33.3 Å². The van der Waals surface area contributed by atoms with Gasteiger partial charge in [-0.25, -0.2) is 9.59 Å². The predicted octanol–water partition coefficient (Wildman–Crippen LogP) is 7.06. The first-order chi connectivity index (χ1) is 20.3. The quantitative estimate of drug-likeness (QED) is 0.0664. The Hall–Kier alpha value is -4.61. The molecule has 0 spiro atoms. The highest BCUT2D eigenvalue weighted by molar-refractivity contribution is 5.91. The second kappa shape index (κ2) is 15.0. The molecule has 3 aromatic rings. The molecule has 12 heteroatoms. The molecule has 0 aliphatic heterocycles. The van der Waals surface area contributed by atoms with Crippen molar-refractivity contribution in [2.45, 2.75) is 44.4 Å². The van der Waals surface area contributed by atoms with Gasteiger partial charge >= 0.3 is 24.2 Å². The highest BCUT2D eigenvalue weighted by atomic mass is 19.4. The van der Waals surface area contributed by atoms with E-state index in [4.69, 9.17) is 25.7 Å². The van der Waals surface area contributed by atoms with Gasteiger partial charge < -0.3 is 25.7 Å². The van der Waals surface area contributed by atoms with Gasteiger partial charge in [0, 0.05) is 23.9 Å². The maximum atomic E-state index is 14.6. The van der Waals surface area contributed by atoms with Crippen LogP contribution >= 0.6 is 0 Å². The van der Waals surface area contributed by atoms with Crippen molar-refractivity contribution in [2.75, 3.05) is 24.7 Å². The SMILES string of the molecule is Nc1cc(N)cc(C(=O)OCCCCOC(=O)/C=C/c2ccc(OC(F)(F)c3ccc(CCCC(F)(F)F)cc3)cc2)c1. The molecule has 0 radical (unpaired) electrons. The van der Waals surface area contributed by atoms with Crippen LogP contribution in [0.5, 0.6) is 5.75 Å². The first-order valence-electron chi connectivity index (χ1n) is 13.3. The number of carbonyl (C=O) groups excluding carboxylic acids is 2. The summed E-state index contributed by atoms with van der Waals surface area (Å²) in [6.45, 7) is 0.216. The van der Waals surface area contributed by atoms with E-state index in [0.717, 1.165) is 12.1 Å². The summed E-state index contributed by atoms with van der Waals surface area (Å²) < 4.78 is 81.1. The summed E-state index contributed by atoms with van der Waals surface area (Å²) in [4.78, 5) is 24.0. The van der Waals surface area contributed by atoms with Gasteiger partial charge in [0.15, 0.2) is 0 Å². The third kappa shape index (κ3) is 11.7. The van der Waals surface area contributed by atoms with Crippen molar-refractivity contribution in [3.8, 4) is 5.75 Å². The number of ether oxygens (including phenoxy) is 3. The van der Waals surface area contributed by atoms with Gasteiger partial charge in [0.25, 0.3) is 0 Å². The molecule has 0 unspecified atom stereocenters. The molecule has 0 aromatic heterocycles. The fourth-order valence-corrected chi connectivity index (χ4v) is 3.84. The maximum absolute atomic E-state index is 14.6. The molecule has 0 heterocycles. The second-order valence-electron chi connectivity index (χ2n) is 9.59. The number of benzene rings is 3. The van der Waals surface area contributed by atoms with Crippen LogP contribution in [0.1, 0.15) is 52.7 Å². The number of aryl methyl sites for hydroxylation is 1. The zero-order valence-corrected chi connectivity index (χ0v) is 23.0. The third-order valence-corrected chi connectivity index (χ3v) is 5.98. The van der Waals surface area contributed by atoms with Crippen LogP contribution in [0.15, 0.2) is 72.8 Å². The van der Waals surface area contributed by atoms with Crippen LogP contribution in [0, 0.1) is 0 Å². The largest absolute Gasteiger partial charge is 0.463 e. The molecule has 0 atom stereocenters. The number of esters is 2. The fraction of sp³-hybridized carbons (Fsp3) is 0.290. The van der Waals surface area contributed by atoms with Gasteiger partial charge in [0.1, 0.15) is 5.75 Å². The number of rotatable bonds is 14. The Kier molecular flexibility index (Phi) is 11.5. The Labute approximate surface area is 245 Å². The van der Waals surface area contributed by atoms with Crippen LogP contribution in [0.3, 0.4) is 0 Å². The molecule has 0 aliphatic rings. The lowest BCUT2D eigenvalue weighted by atomic mass is 10.1. The number of hydrogen-bond donors (Lipinski definition) is 2. The molecule has 0 saturated heterocycles. The Morgan fingerprint density at radius 1 is 0.767 bits per heavy atom.